The molecule has 2 N–H and O–H groups in total. The Bertz CT molecular complexity index is 510. The lowest BCUT2D eigenvalue weighted by Crippen LogP contribution is -2.41. The van der Waals surface area contributed by atoms with E-state index < -0.39 is 10.0 Å². The molecule has 0 bridgehead atoms. The van der Waals surface area contributed by atoms with E-state index in [9.17, 15) is 8.42 Å². The van der Waals surface area contributed by atoms with Crippen LogP contribution in [0.2, 0.25) is 0 Å². The van der Waals surface area contributed by atoms with Crippen LogP contribution in [0.5, 0.6) is 0 Å². The van der Waals surface area contributed by atoms with E-state index in [1.54, 1.807) is 6.20 Å². The molecule has 0 aliphatic carbocycles. The monoisotopic (exact) mass is 283 g/mol. The van der Waals surface area contributed by atoms with Crippen LogP contribution >= 0.6 is 0 Å². The molecule has 19 heavy (non-hydrogen) atoms. The van der Waals surface area contributed by atoms with Crippen molar-refractivity contribution in [2.24, 2.45) is 0 Å². The van der Waals surface area contributed by atoms with Crippen molar-refractivity contribution in [3.8, 4) is 0 Å². The van der Waals surface area contributed by atoms with Crippen molar-refractivity contribution in [3.05, 3.63) is 29.6 Å². The summed E-state index contributed by atoms with van der Waals surface area (Å²) >= 11 is 0. The molecule has 0 amide bonds. The zero-order chi connectivity index (χ0) is 13.7. The van der Waals surface area contributed by atoms with Crippen molar-refractivity contribution >= 4 is 10.0 Å². The summed E-state index contributed by atoms with van der Waals surface area (Å²) in [6.45, 7) is 3.88. The van der Waals surface area contributed by atoms with Crippen molar-refractivity contribution in [1.29, 1.82) is 0 Å². The number of rotatable bonds is 5. The summed E-state index contributed by atoms with van der Waals surface area (Å²) in [7, 11) is -3.24. The number of hydrogen-bond acceptors (Lipinski definition) is 4. The number of sulfonamides is 1. The van der Waals surface area contributed by atoms with E-state index in [0.29, 0.717) is 12.8 Å². The first-order valence-corrected chi connectivity index (χ1v) is 8.30. The fourth-order valence-corrected chi connectivity index (χ4v) is 3.77. The Hall–Kier alpha value is -0.980. The molecule has 1 aromatic rings. The zero-order valence-corrected chi connectivity index (χ0v) is 12.0. The van der Waals surface area contributed by atoms with Crippen molar-refractivity contribution < 1.29 is 8.42 Å². The third kappa shape index (κ3) is 3.75. The second kappa shape index (κ2) is 6.45. The standard InChI is InChI=1S/C13H21N3O2S/c1-2-11-4-3-7-15-13(11)10-16-19(17,18)12-5-8-14-9-6-12/h3-4,7,12,14,16H,2,5-6,8-10H2,1H3. The van der Waals surface area contributed by atoms with Crippen LogP contribution in [0.25, 0.3) is 0 Å². The van der Waals surface area contributed by atoms with Crippen LogP contribution in [0, 0.1) is 0 Å². The lowest BCUT2D eigenvalue weighted by Gasteiger charge is -2.23. The highest BCUT2D eigenvalue weighted by atomic mass is 32.2. The molecule has 0 spiro atoms. The molecule has 1 aliphatic rings. The van der Waals surface area contributed by atoms with Gasteiger partial charge in [-0.05, 0) is 44.0 Å². The SMILES string of the molecule is CCc1cccnc1CNS(=O)(=O)C1CCNCC1. The first kappa shape index (κ1) is 14.4. The smallest absolute Gasteiger partial charge is 0.214 e. The van der Waals surface area contributed by atoms with E-state index in [1.807, 2.05) is 19.1 Å². The summed E-state index contributed by atoms with van der Waals surface area (Å²) < 4.78 is 27.1. The van der Waals surface area contributed by atoms with Gasteiger partial charge >= 0.3 is 0 Å². The minimum Gasteiger partial charge on any atom is -0.317 e. The van der Waals surface area contributed by atoms with E-state index in [-0.39, 0.29) is 11.8 Å². The molecule has 0 radical (unpaired) electrons. The van der Waals surface area contributed by atoms with Crippen LogP contribution in [0.3, 0.4) is 0 Å². The van der Waals surface area contributed by atoms with E-state index in [4.69, 9.17) is 0 Å². The fourth-order valence-electron chi connectivity index (χ4n) is 2.34. The molecule has 106 valence electrons. The van der Waals surface area contributed by atoms with E-state index in [0.717, 1.165) is 30.8 Å². The molecule has 0 atom stereocenters. The van der Waals surface area contributed by atoms with E-state index in [1.165, 1.54) is 0 Å². The number of aryl methyl sites for hydroxylation is 1. The van der Waals surface area contributed by atoms with Crippen molar-refractivity contribution in [2.75, 3.05) is 13.1 Å². The molecule has 2 rings (SSSR count). The van der Waals surface area contributed by atoms with Gasteiger partial charge in [0.25, 0.3) is 0 Å². The molecule has 1 aliphatic heterocycles. The minimum absolute atomic E-state index is 0.275. The van der Waals surface area contributed by atoms with Crippen molar-refractivity contribution in [1.82, 2.24) is 15.0 Å². The highest BCUT2D eigenvalue weighted by Gasteiger charge is 2.26. The maximum Gasteiger partial charge on any atom is 0.214 e. The van der Waals surface area contributed by atoms with Gasteiger partial charge in [-0.3, -0.25) is 4.98 Å². The predicted molar refractivity (Wildman–Crippen MR) is 75.3 cm³/mol. The first-order chi connectivity index (χ1) is 9.13. The summed E-state index contributed by atoms with van der Waals surface area (Å²) in [5.41, 5.74) is 1.91. The third-order valence-corrected chi connectivity index (χ3v) is 5.43. The Morgan fingerprint density at radius 2 is 2.16 bits per heavy atom. The summed E-state index contributed by atoms with van der Waals surface area (Å²) in [4.78, 5) is 4.26. The van der Waals surface area contributed by atoms with Crippen LogP contribution in [0.4, 0.5) is 0 Å². The topological polar surface area (TPSA) is 71.1 Å². The maximum atomic E-state index is 12.2. The average Bonchev–Trinajstić information content (AvgIpc) is 2.46. The molecule has 1 fully saturated rings. The summed E-state index contributed by atoms with van der Waals surface area (Å²) in [6.07, 6.45) is 3.92. The highest BCUT2D eigenvalue weighted by molar-refractivity contribution is 7.90. The van der Waals surface area contributed by atoms with Gasteiger partial charge in [0.2, 0.25) is 10.0 Å². The normalized spacial score (nSPS) is 17.5. The van der Waals surface area contributed by atoms with Gasteiger partial charge in [-0.2, -0.15) is 0 Å². The van der Waals surface area contributed by atoms with Gasteiger partial charge < -0.3 is 5.32 Å². The molecule has 2 heterocycles. The number of aromatic nitrogens is 1. The number of pyridine rings is 1. The number of nitrogens with zero attached hydrogens (tertiary/aromatic N) is 1. The molecule has 1 aromatic heterocycles. The zero-order valence-electron chi connectivity index (χ0n) is 11.2. The Kier molecular flexibility index (Phi) is 4.90. The maximum absolute atomic E-state index is 12.2. The second-order valence-corrected chi connectivity index (χ2v) is 6.82. The first-order valence-electron chi connectivity index (χ1n) is 6.75. The van der Waals surface area contributed by atoms with Crippen LogP contribution in [0.1, 0.15) is 31.0 Å². The predicted octanol–water partition coefficient (Wildman–Crippen LogP) is 0.815. The van der Waals surface area contributed by atoms with E-state index in [2.05, 4.69) is 15.0 Å². The Morgan fingerprint density at radius 3 is 2.84 bits per heavy atom. The minimum atomic E-state index is -3.24. The summed E-state index contributed by atoms with van der Waals surface area (Å²) in [6, 6.07) is 3.87. The van der Waals surface area contributed by atoms with Crippen molar-refractivity contribution in [3.63, 3.8) is 0 Å². The molecular formula is C13H21N3O2S. The van der Waals surface area contributed by atoms with Gasteiger partial charge in [0.1, 0.15) is 0 Å². The molecule has 1 saturated heterocycles. The molecule has 6 heteroatoms. The lowest BCUT2D eigenvalue weighted by molar-refractivity contribution is 0.489. The van der Waals surface area contributed by atoms with Gasteiger partial charge in [0.05, 0.1) is 17.5 Å². The third-order valence-electron chi connectivity index (χ3n) is 3.53. The molecular weight excluding hydrogens is 262 g/mol. The van der Waals surface area contributed by atoms with Crippen LogP contribution < -0.4 is 10.0 Å². The lowest BCUT2D eigenvalue weighted by atomic mass is 10.1. The largest absolute Gasteiger partial charge is 0.317 e. The summed E-state index contributed by atoms with van der Waals surface area (Å²) in [5, 5.41) is 2.90. The molecule has 0 aromatic carbocycles. The van der Waals surface area contributed by atoms with Crippen LogP contribution in [-0.4, -0.2) is 31.7 Å². The highest BCUT2D eigenvalue weighted by Crippen LogP contribution is 2.13. The Morgan fingerprint density at radius 1 is 1.42 bits per heavy atom. The Balaban J connectivity index is 2.00. The van der Waals surface area contributed by atoms with Gasteiger partial charge in [-0.15, -0.1) is 0 Å². The Labute approximate surface area is 114 Å². The van der Waals surface area contributed by atoms with Crippen molar-refractivity contribution in [2.45, 2.75) is 38.0 Å². The summed E-state index contributed by atoms with van der Waals surface area (Å²) in [5.74, 6) is 0. The fraction of sp³-hybridized carbons (Fsp3) is 0.615. The van der Waals surface area contributed by atoms with Gasteiger partial charge in [-0.25, -0.2) is 13.1 Å². The second-order valence-electron chi connectivity index (χ2n) is 4.78. The number of hydrogen-bond donors (Lipinski definition) is 2. The number of piperidine rings is 1. The van der Waals surface area contributed by atoms with Gasteiger partial charge in [0, 0.05) is 6.20 Å². The van der Waals surface area contributed by atoms with Crippen LogP contribution in [-0.2, 0) is 23.0 Å². The average molecular weight is 283 g/mol. The quantitative estimate of drug-likeness (QED) is 0.839. The van der Waals surface area contributed by atoms with E-state index >= 15 is 0 Å². The van der Waals surface area contributed by atoms with Gasteiger partial charge in [-0.1, -0.05) is 13.0 Å². The number of nitrogens with one attached hydrogen (secondary N) is 2. The molecule has 0 saturated carbocycles. The molecule has 0 unspecified atom stereocenters. The molecule has 5 nitrogen and oxygen atoms in total. The van der Waals surface area contributed by atoms with Gasteiger partial charge in [0.15, 0.2) is 0 Å². The van der Waals surface area contributed by atoms with Crippen LogP contribution in [0.15, 0.2) is 18.3 Å².